The molecule has 0 aliphatic rings. The number of carbonyl (C=O) groups excluding carboxylic acids is 2. The Hall–Kier alpha value is -4.39. The van der Waals surface area contributed by atoms with E-state index in [-0.39, 0.29) is 27.9 Å². The van der Waals surface area contributed by atoms with Crippen molar-refractivity contribution in [3.63, 3.8) is 0 Å². The topological polar surface area (TPSA) is 80.1 Å². The van der Waals surface area contributed by atoms with E-state index < -0.39 is 41.3 Å². The molecule has 1 atom stereocenters. The molecular formula is C27H20ClF6N5O2. The van der Waals surface area contributed by atoms with Crippen LogP contribution in [0.3, 0.4) is 0 Å². The average Bonchev–Trinajstić information content (AvgIpc) is 3.38. The molecule has 14 heteroatoms. The molecule has 0 aliphatic heterocycles. The molecule has 4 rings (SSSR count). The number of anilines is 2. The number of nitrogens with zero attached hydrogens (tertiary/aromatic N) is 4. The molecule has 0 radical (unpaired) electrons. The van der Waals surface area contributed by atoms with Gasteiger partial charge in [0.25, 0.3) is 5.91 Å². The lowest BCUT2D eigenvalue weighted by Crippen LogP contribution is -2.32. The molecule has 2 heterocycles. The Morgan fingerprint density at radius 2 is 1.63 bits per heavy atom. The minimum absolute atomic E-state index is 0.0736. The zero-order valence-electron chi connectivity index (χ0n) is 21.3. The molecule has 4 aromatic rings. The van der Waals surface area contributed by atoms with Gasteiger partial charge in [-0.3, -0.25) is 19.5 Å². The summed E-state index contributed by atoms with van der Waals surface area (Å²) in [5, 5.41) is 6.33. The van der Waals surface area contributed by atoms with Gasteiger partial charge in [-0.25, -0.2) is 4.68 Å². The molecule has 0 bridgehead atoms. The van der Waals surface area contributed by atoms with Crippen LogP contribution in [0.2, 0.25) is 5.02 Å². The summed E-state index contributed by atoms with van der Waals surface area (Å²) in [4.78, 5) is 30.9. The van der Waals surface area contributed by atoms with Crippen LogP contribution in [-0.2, 0) is 17.1 Å². The fourth-order valence-electron chi connectivity index (χ4n) is 3.83. The molecule has 0 spiro atoms. The van der Waals surface area contributed by atoms with E-state index in [1.807, 2.05) is 0 Å². The molecule has 0 saturated carbocycles. The second-order valence-corrected chi connectivity index (χ2v) is 9.34. The predicted octanol–water partition coefficient (Wildman–Crippen LogP) is 6.98. The highest BCUT2D eigenvalue weighted by Gasteiger charge is 2.37. The average molecular weight is 596 g/mol. The summed E-state index contributed by atoms with van der Waals surface area (Å²) in [6.07, 6.45) is -8.03. The van der Waals surface area contributed by atoms with Crippen molar-refractivity contribution in [1.29, 1.82) is 0 Å². The lowest BCUT2D eigenvalue weighted by molar-refractivity contribution is -0.141. The fourth-order valence-corrected chi connectivity index (χ4v) is 4.01. The standard InChI is InChI=1S/C27H20ClF6N5O2/c1-15(16-6-11-21(35-14-16)24(40)36-19-9-7-17(8-10-19)26(29,30)31)25(41)38(2)23-13-22(27(32,33)34)37-39(23)20-5-3-4-18(28)12-20/h3-15H,1-2H3,(H,36,40). The number of alkyl halides is 6. The van der Waals surface area contributed by atoms with Crippen LogP contribution in [0.4, 0.5) is 37.8 Å². The van der Waals surface area contributed by atoms with Gasteiger partial charge < -0.3 is 5.32 Å². The Balaban J connectivity index is 1.52. The normalized spacial score (nSPS) is 12.6. The van der Waals surface area contributed by atoms with Gasteiger partial charge in [-0.1, -0.05) is 23.7 Å². The molecule has 0 aliphatic carbocycles. The van der Waals surface area contributed by atoms with E-state index in [4.69, 9.17) is 11.6 Å². The van der Waals surface area contributed by atoms with Gasteiger partial charge in [-0.05, 0) is 61.0 Å². The summed E-state index contributed by atoms with van der Waals surface area (Å²) in [7, 11) is 1.30. The first-order valence-corrected chi connectivity index (χ1v) is 12.2. The molecule has 0 fully saturated rings. The van der Waals surface area contributed by atoms with E-state index in [2.05, 4.69) is 15.4 Å². The third-order valence-corrected chi connectivity index (χ3v) is 6.30. The fraction of sp³-hybridized carbons (Fsp3) is 0.185. The molecular weight excluding hydrogens is 576 g/mol. The largest absolute Gasteiger partial charge is 0.435 e. The Labute approximate surface area is 234 Å². The van der Waals surface area contributed by atoms with Crippen molar-refractivity contribution in [2.24, 2.45) is 0 Å². The Morgan fingerprint density at radius 3 is 2.20 bits per heavy atom. The number of benzene rings is 2. The minimum Gasteiger partial charge on any atom is -0.321 e. The molecule has 2 amide bonds. The van der Waals surface area contributed by atoms with Gasteiger partial charge in [0.05, 0.1) is 17.2 Å². The summed E-state index contributed by atoms with van der Waals surface area (Å²) in [5.41, 5.74) is -1.46. The summed E-state index contributed by atoms with van der Waals surface area (Å²) in [6, 6.07) is 13.3. The maximum Gasteiger partial charge on any atom is 0.435 e. The summed E-state index contributed by atoms with van der Waals surface area (Å²) < 4.78 is 79.6. The van der Waals surface area contributed by atoms with Gasteiger partial charge in [0, 0.05) is 30.0 Å². The highest BCUT2D eigenvalue weighted by Crippen LogP contribution is 2.34. The Kier molecular flexibility index (Phi) is 8.11. The van der Waals surface area contributed by atoms with E-state index in [1.165, 1.54) is 56.6 Å². The van der Waals surface area contributed by atoms with Crippen LogP contribution in [0.5, 0.6) is 0 Å². The number of halogens is 7. The maximum atomic E-state index is 13.5. The first kappa shape index (κ1) is 29.6. The summed E-state index contributed by atoms with van der Waals surface area (Å²) in [5.74, 6) is -2.34. The number of nitrogens with one attached hydrogen (secondary N) is 1. The molecule has 214 valence electrons. The second kappa shape index (κ2) is 11.2. The highest BCUT2D eigenvalue weighted by atomic mass is 35.5. The molecule has 41 heavy (non-hydrogen) atoms. The van der Waals surface area contributed by atoms with E-state index >= 15 is 0 Å². The van der Waals surface area contributed by atoms with Gasteiger partial charge in [-0.2, -0.15) is 31.4 Å². The monoisotopic (exact) mass is 595 g/mol. The number of amides is 2. The first-order valence-electron chi connectivity index (χ1n) is 11.8. The van der Waals surface area contributed by atoms with E-state index in [1.54, 1.807) is 0 Å². The second-order valence-electron chi connectivity index (χ2n) is 8.90. The van der Waals surface area contributed by atoms with Crippen molar-refractivity contribution >= 4 is 34.9 Å². The number of rotatable bonds is 6. The van der Waals surface area contributed by atoms with Crippen molar-refractivity contribution in [3.8, 4) is 5.69 Å². The van der Waals surface area contributed by atoms with Gasteiger partial charge in [0.1, 0.15) is 11.5 Å². The number of hydrogen-bond donors (Lipinski definition) is 1. The number of pyridine rings is 1. The van der Waals surface area contributed by atoms with Crippen LogP contribution in [-0.4, -0.2) is 33.6 Å². The molecule has 2 aromatic carbocycles. The predicted molar refractivity (Wildman–Crippen MR) is 139 cm³/mol. The SMILES string of the molecule is CC(C(=O)N(C)c1cc(C(F)(F)F)nn1-c1cccc(Cl)c1)c1ccc(C(=O)Nc2ccc(C(F)(F)F)cc2)nc1. The van der Waals surface area contributed by atoms with Gasteiger partial charge in [0.15, 0.2) is 5.69 Å². The number of carbonyl (C=O) groups is 2. The smallest absolute Gasteiger partial charge is 0.321 e. The van der Waals surface area contributed by atoms with E-state index in [9.17, 15) is 35.9 Å². The van der Waals surface area contributed by atoms with Crippen LogP contribution >= 0.6 is 11.6 Å². The number of likely N-dealkylation sites (N-methyl/N-ethyl adjacent to an activating group) is 1. The van der Waals surface area contributed by atoms with Crippen LogP contribution in [0.1, 0.15) is 40.2 Å². The summed E-state index contributed by atoms with van der Waals surface area (Å²) >= 11 is 6.00. The zero-order valence-corrected chi connectivity index (χ0v) is 22.0. The van der Waals surface area contributed by atoms with Gasteiger partial charge in [-0.15, -0.1) is 0 Å². The van der Waals surface area contributed by atoms with E-state index in [0.29, 0.717) is 5.56 Å². The molecule has 1 unspecified atom stereocenters. The van der Waals surface area contributed by atoms with Crippen LogP contribution in [0, 0.1) is 0 Å². The van der Waals surface area contributed by atoms with E-state index in [0.717, 1.165) is 39.9 Å². The Morgan fingerprint density at radius 1 is 0.951 bits per heavy atom. The molecule has 1 N–H and O–H groups in total. The minimum atomic E-state index is -4.77. The molecule has 7 nitrogen and oxygen atoms in total. The quantitative estimate of drug-likeness (QED) is 0.244. The van der Waals surface area contributed by atoms with Crippen molar-refractivity contribution < 1.29 is 35.9 Å². The Bertz CT molecular complexity index is 1570. The summed E-state index contributed by atoms with van der Waals surface area (Å²) in [6.45, 7) is 1.52. The zero-order chi connectivity index (χ0) is 30.1. The van der Waals surface area contributed by atoms with Crippen molar-refractivity contribution in [2.75, 3.05) is 17.3 Å². The lowest BCUT2D eigenvalue weighted by atomic mass is 10.0. The molecule has 0 saturated heterocycles. The highest BCUT2D eigenvalue weighted by molar-refractivity contribution is 6.30. The van der Waals surface area contributed by atoms with Gasteiger partial charge >= 0.3 is 12.4 Å². The third kappa shape index (κ3) is 6.68. The van der Waals surface area contributed by atoms with Crippen LogP contribution in [0.25, 0.3) is 5.69 Å². The number of hydrogen-bond acceptors (Lipinski definition) is 4. The van der Waals surface area contributed by atoms with Crippen molar-refractivity contribution in [1.82, 2.24) is 14.8 Å². The van der Waals surface area contributed by atoms with Crippen molar-refractivity contribution in [2.45, 2.75) is 25.2 Å². The lowest BCUT2D eigenvalue weighted by Gasteiger charge is -2.22. The first-order chi connectivity index (χ1) is 19.1. The van der Waals surface area contributed by atoms with Crippen LogP contribution in [0.15, 0.2) is 72.9 Å². The maximum absolute atomic E-state index is 13.5. The van der Waals surface area contributed by atoms with Gasteiger partial charge in [0.2, 0.25) is 5.91 Å². The molecule has 2 aromatic heterocycles. The number of aromatic nitrogens is 3. The van der Waals surface area contributed by atoms with Crippen molar-refractivity contribution in [3.05, 3.63) is 100 Å². The third-order valence-electron chi connectivity index (χ3n) is 6.07. The van der Waals surface area contributed by atoms with Crippen LogP contribution < -0.4 is 10.2 Å².